The minimum Gasteiger partial charge on any atom is -0.494 e. The van der Waals surface area contributed by atoms with E-state index in [4.69, 9.17) is 4.74 Å². The average molecular weight is 482 g/mol. The van der Waals surface area contributed by atoms with E-state index in [1.165, 1.54) is 18.2 Å². The first-order chi connectivity index (χ1) is 16.8. The van der Waals surface area contributed by atoms with Crippen molar-refractivity contribution in [2.24, 2.45) is 5.92 Å². The van der Waals surface area contributed by atoms with Crippen molar-refractivity contribution >= 4 is 11.7 Å². The summed E-state index contributed by atoms with van der Waals surface area (Å²) < 4.78 is 32.6. The molecule has 1 unspecified atom stereocenters. The molecule has 0 saturated carbocycles. The summed E-state index contributed by atoms with van der Waals surface area (Å²) in [6.45, 7) is 7.73. The van der Waals surface area contributed by atoms with Crippen LogP contribution in [0.2, 0.25) is 0 Å². The molecule has 2 aliphatic rings. The first-order valence-electron chi connectivity index (χ1n) is 12.2. The minimum absolute atomic E-state index is 0.0627. The van der Waals surface area contributed by atoms with Gasteiger partial charge in [-0.15, -0.1) is 0 Å². The third-order valence-electron chi connectivity index (χ3n) is 6.40. The Labute approximate surface area is 206 Å². The summed E-state index contributed by atoms with van der Waals surface area (Å²) >= 11 is 0. The fourth-order valence-electron chi connectivity index (χ4n) is 4.28. The van der Waals surface area contributed by atoms with Crippen LogP contribution in [0.25, 0.3) is 0 Å². The number of hydrogen-bond acceptors (Lipinski definition) is 3. The van der Waals surface area contributed by atoms with Gasteiger partial charge in [0.25, 0.3) is 0 Å². The molecule has 1 aromatic carbocycles. The molecule has 0 aromatic heterocycles. The number of carbonyl (C=O) groups is 2. The number of ether oxygens (including phenoxy) is 1. The molecule has 186 valence electrons. The van der Waals surface area contributed by atoms with Gasteiger partial charge in [0.1, 0.15) is 17.4 Å². The SMILES string of the molecule is C=C/C(F)=C\C=C(/C)C(=O)CCC1C(=O)N(C2=CC=C(F)CC2)[C@@H]1c1ccc(OCCCC)cc1. The number of unbranched alkanes of at least 4 members (excludes halogenated alkanes) is 1. The summed E-state index contributed by atoms with van der Waals surface area (Å²) in [7, 11) is 0. The lowest BCUT2D eigenvalue weighted by molar-refractivity contribution is -0.153. The zero-order valence-electron chi connectivity index (χ0n) is 20.4. The molecule has 6 heteroatoms. The first kappa shape index (κ1) is 26.3. The number of nitrogens with zero attached hydrogens (tertiary/aromatic N) is 1. The Morgan fingerprint density at radius 1 is 1.20 bits per heavy atom. The molecule has 1 aliphatic carbocycles. The molecule has 0 spiro atoms. The number of halogens is 2. The van der Waals surface area contributed by atoms with Gasteiger partial charge in [-0.3, -0.25) is 9.59 Å². The fourth-order valence-corrected chi connectivity index (χ4v) is 4.28. The number of Topliss-reactive ketones (excluding diaryl/α,β-unsaturated/α-hetero) is 1. The van der Waals surface area contributed by atoms with Crippen LogP contribution in [0.15, 0.2) is 84.1 Å². The van der Waals surface area contributed by atoms with E-state index >= 15 is 0 Å². The molecule has 1 aliphatic heterocycles. The van der Waals surface area contributed by atoms with Gasteiger partial charge in [0.15, 0.2) is 5.78 Å². The molecule has 2 atom stereocenters. The lowest BCUT2D eigenvalue weighted by Crippen LogP contribution is -2.54. The van der Waals surface area contributed by atoms with Crippen LogP contribution in [-0.2, 0) is 9.59 Å². The Morgan fingerprint density at radius 3 is 2.57 bits per heavy atom. The maximum absolute atomic E-state index is 13.6. The first-order valence-corrected chi connectivity index (χ1v) is 12.2. The van der Waals surface area contributed by atoms with E-state index in [0.29, 0.717) is 25.0 Å². The van der Waals surface area contributed by atoms with E-state index in [1.54, 1.807) is 17.9 Å². The van der Waals surface area contributed by atoms with E-state index in [1.807, 2.05) is 24.3 Å². The number of likely N-dealkylation sites (tertiary alicyclic amines) is 1. The largest absolute Gasteiger partial charge is 0.494 e. The van der Waals surface area contributed by atoms with Crippen molar-refractivity contribution in [3.63, 3.8) is 0 Å². The van der Waals surface area contributed by atoms with Crippen molar-refractivity contribution in [2.75, 3.05) is 6.61 Å². The zero-order valence-corrected chi connectivity index (χ0v) is 20.4. The fraction of sp³-hybridized carbons (Fsp3) is 0.379. The molecule has 1 aromatic rings. The van der Waals surface area contributed by atoms with Gasteiger partial charge in [-0.25, -0.2) is 8.78 Å². The second kappa shape index (κ2) is 12.4. The summed E-state index contributed by atoms with van der Waals surface area (Å²) in [5, 5.41) is 0. The molecule has 1 saturated heterocycles. The van der Waals surface area contributed by atoms with Crippen molar-refractivity contribution in [2.45, 2.75) is 58.4 Å². The highest BCUT2D eigenvalue weighted by Crippen LogP contribution is 2.47. The summed E-state index contributed by atoms with van der Waals surface area (Å²) in [6.07, 6.45) is 10.1. The topological polar surface area (TPSA) is 46.6 Å². The van der Waals surface area contributed by atoms with E-state index in [0.717, 1.165) is 35.9 Å². The standard InChI is InChI=1S/C29H33F2NO3/c1-4-6-19-35-25-15-8-21(9-16-25)28-26(17-18-27(33)20(3)7-10-22(30)5-2)29(34)32(28)24-13-11-23(31)12-14-24/h5,7-11,13,15-16,26,28H,2,4,6,12,14,17-19H2,1,3H3/b20-7+,22-10+/t26?,28-/m1/s1. The van der Waals surface area contributed by atoms with Crippen LogP contribution in [0.4, 0.5) is 8.78 Å². The van der Waals surface area contributed by atoms with Crippen LogP contribution in [0.1, 0.15) is 64.0 Å². The van der Waals surface area contributed by atoms with Gasteiger partial charge in [-0.1, -0.05) is 38.1 Å². The number of amides is 1. The molecule has 1 heterocycles. The van der Waals surface area contributed by atoms with Gasteiger partial charge in [0.05, 0.1) is 18.6 Å². The van der Waals surface area contributed by atoms with Crippen LogP contribution in [0, 0.1) is 5.92 Å². The lowest BCUT2D eigenvalue weighted by atomic mass is 9.78. The van der Waals surface area contributed by atoms with Crippen LogP contribution >= 0.6 is 0 Å². The maximum atomic E-state index is 13.6. The number of carbonyl (C=O) groups excluding carboxylic acids is 2. The molecule has 1 fully saturated rings. The molecule has 35 heavy (non-hydrogen) atoms. The van der Waals surface area contributed by atoms with Crippen LogP contribution in [-0.4, -0.2) is 23.2 Å². The van der Waals surface area contributed by atoms with Gasteiger partial charge < -0.3 is 9.64 Å². The van der Waals surface area contributed by atoms with E-state index in [2.05, 4.69) is 13.5 Å². The molecule has 1 amide bonds. The third kappa shape index (κ3) is 6.65. The number of allylic oxidation sites excluding steroid dienone is 9. The quantitative estimate of drug-likeness (QED) is 0.137. The number of rotatable bonds is 12. The Morgan fingerprint density at radius 2 is 1.94 bits per heavy atom. The number of ketones is 1. The second-order valence-corrected chi connectivity index (χ2v) is 8.87. The van der Waals surface area contributed by atoms with E-state index in [-0.39, 0.29) is 42.3 Å². The van der Waals surface area contributed by atoms with Crippen LogP contribution < -0.4 is 4.74 Å². The van der Waals surface area contributed by atoms with Crippen LogP contribution in [0.3, 0.4) is 0 Å². The van der Waals surface area contributed by atoms with Crippen LogP contribution in [0.5, 0.6) is 5.75 Å². The average Bonchev–Trinajstić information content (AvgIpc) is 2.87. The predicted molar refractivity (Wildman–Crippen MR) is 134 cm³/mol. The number of benzene rings is 1. The zero-order chi connectivity index (χ0) is 25.4. The van der Waals surface area contributed by atoms with Gasteiger partial charge in [0.2, 0.25) is 5.91 Å². The van der Waals surface area contributed by atoms with Crippen molar-refractivity contribution in [3.8, 4) is 5.75 Å². The van der Waals surface area contributed by atoms with Gasteiger partial charge in [-0.05, 0) is 73.8 Å². The number of β-lactam (4-membered cyclic amide) rings is 1. The normalized spacial score (nSPS) is 20.7. The molecule has 4 nitrogen and oxygen atoms in total. The van der Waals surface area contributed by atoms with Crippen molar-refractivity contribution in [3.05, 3.63) is 89.7 Å². The van der Waals surface area contributed by atoms with Crippen molar-refractivity contribution in [1.82, 2.24) is 4.90 Å². The highest BCUT2D eigenvalue weighted by Gasteiger charge is 2.49. The predicted octanol–water partition coefficient (Wildman–Crippen LogP) is 7.23. The van der Waals surface area contributed by atoms with Gasteiger partial charge in [-0.2, -0.15) is 0 Å². The third-order valence-corrected chi connectivity index (χ3v) is 6.40. The Balaban J connectivity index is 1.76. The lowest BCUT2D eigenvalue weighted by Gasteiger charge is -2.49. The van der Waals surface area contributed by atoms with E-state index in [9.17, 15) is 18.4 Å². The molecule has 3 rings (SSSR count). The monoisotopic (exact) mass is 481 g/mol. The smallest absolute Gasteiger partial charge is 0.232 e. The van der Waals surface area contributed by atoms with Crippen molar-refractivity contribution in [1.29, 1.82) is 0 Å². The summed E-state index contributed by atoms with van der Waals surface area (Å²) in [6, 6.07) is 7.47. The van der Waals surface area contributed by atoms with Crippen molar-refractivity contribution < 1.29 is 23.1 Å². The molecular formula is C29H33F2NO3. The molecule has 0 bridgehead atoms. The van der Waals surface area contributed by atoms with E-state index < -0.39 is 5.83 Å². The summed E-state index contributed by atoms with van der Waals surface area (Å²) in [4.78, 5) is 27.5. The highest BCUT2D eigenvalue weighted by atomic mass is 19.1. The van der Waals surface area contributed by atoms with Gasteiger partial charge in [0, 0.05) is 18.5 Å². The Hall–Kier alpha value is -3.28. The summed E-state index contributed by atoms with van der Waals surface area (Å²) in [5.74, 6) is -0.505. The molecular weight excluding hydrogens is 448 g/mol. The summed E-state index contributed by atoms with van der Waals surface area (Å²) in [5.41, 5.74) is 2.16. The Kier molecular flexibility index (Phi) is 9.35. The molecule has 0 radical (unpaired) electrons. The number of hydrogen-bond donors (Lipinski definition) is 0. The minimum atomic E-state index is -0.518. The molecule has 0 N–H and O–H groups in total. The second-order valence-electron chi connectivity index (χ2n) is 8.87. The Bertz CT molecular complexity index is 1070. The highest BCUT2D eigenvalue weighted by molar-refractivity contribution is 5.96. The van der Waals surface area contributed by atoms with Gasteiger partial charge >= 0.3 is 0 Å². The maximum Gasteiger partial charge on any atom is 0.232 e.